The molecule has 1 aromatic rings. The molecule has 0 amide bonds. The van der Waals surface area contributed by atoms with Crippen molar-refractivity contribution in [2.24, 2.45) is 7.05 Å². The fourth-order valence-corrected chi connectivity index (χ4v) is 1.07. The van der Waals surface area contributed by atoms with E-state index in [0.29, 0.717) is 26.4 Å². The molecule has 1 rings (SSSR count). The fourth-order valence-electron chi connectivity index (χ4n) is 1.07. The number of methoxy groups -OCH3 is 1. The van der Waals surface area contributed by atoms with Gasteiger partial charge in [-0.05, 0) is 0 Å². The third kappa shape index (κ3) is 5.39. The number of aromatic nitrogens is 2. The fraction of sp³-hybridized carbons (Fsp3) is 0.700. The van der Waals surface area contributed by atoms with E-state index in [2.05, 4.69) is 5.10 Å². The van der Waals surface area contributed by atoms with E-state index < -0.39 is 0 Å². The lowest BCUT2D eigenvalue weighted by Crippen LogP contribution is -2.06. The van der Waals surface area contributed by atoms with Gasteiger partial charge in [0.2, 0.25) is 0 Å². The first kappa shape index (κ1) is 12.0. The van der Waals surface area contributed by atoms with Gasteiger partial charge < -0.3 is 14.2 Å². The van der Waals surface area contributed by atoms with E-state index in [1.54, 1.807) is 18.0 Å². The van der Waals surface area contributed by atoms with Crippen LogP contribution in [0, 0.1) is 0 Å². The summed E-state index contributed by atoms with van der Waals surface area (Å²) in [6.45, 7) is 2.63. The zero-order valence-corrected chi connectivity index (χ0v) is 9.31. The molecule has 0 aliphatic carbocycles. The number of rotatable bonds is 8. The highest BCUT2D eigenvalue weighted by molar-refractivity contribution is 5.10. The van der Waals surface area contributed by atoms with Crippen LogP contribution < -0.4 is 4.74 Å². The second-order valence-corrected chi connectivity index (χ2v) is 3.16. The summed E-state index contributed by atoms with van der Waals surface area (Å²) in [5.41, 5.74) is 0. The molecule has 0 spiro atoms. The molecule has 1 heterocycles. The Balaban J connectivity index is 1.93. The molecule has 0 aliphatic rings. The van der Waals surface area contributed by atoms with Gasteiger partial charge in [-0.2, -0.15) is 5.10 Å². The summed E-state index contributed by atoms with van der Waals surface area (Å²) in [5, 5.41) is 4.00. The van der Waals surface area contributed by atoms with Crippen LogP contribution in [0.1, 0.15) is 6.42 Å². The Labute approximate surface area is 89.9 Å². The van der Waals surface area contributed by atoms with Crippen molar-refractivity contribution in [2.45, 2.75) is 6.42 Å². The van der Waals surface area contributed by atoms with Crippen molar-refractivity contribution in [3.63, 3.8) is 0 Å². The SMILES string of the molecule is COCCOCCCOc1cnn(C)c1. The maximum absolute atomic E-state index is 5.44. The van der Waals surface area contributed by atoms with E-state index in [0.717, 1.165) is 12.2 Å². The molecule has 0 unspecified atom stereocenters. The van der Waals surface area contributed by atoms with Gasteiger partial charge in [-0.1, -0.05) is 0 Å². The molecule has 0 N–H and O–H groups in total. The van der Waals surface area contributed by atoms with E-state index in [1.807, 2.05) is 13.2 Å². The molecule has 15 heavy (non-hydrogen) atoms. The smallest absolute Gasteiger partial charge is 0.157 e. The van der Waals surface area contributed by atoms with Crippen molar-refractivity contribution in [1.82, 2.24) is 9.78 Å². The van der Waals surface area contributed by atoms with Gasteiger partial charge in [-0.25, -0.2) is 0 Å². The zero-order valence-electron chi connectivity index (χ0n) is 9.31. The lowest BCUT2D eigenvalue weighted by Gasteiger charge is -2.04. The highest BCUT2D eigenvalue weighted by atomic mass is 16.5. The molecule has 86 valence electrons. The molecule has 0 aliphatic heterocycles. The minimum Gasteiger partial charge on any atom is -0.490 e. The van der Waals surface area contributed by atoms with Crippen molar-refractivity contribution in [2.75, 3.05) is 33.5 Å². The van der Waals surface area contributed by atoms with Crippen LogP contribution in [-0.2, 0) is 16.5 Å². The first-order valence-electron chi connectivity index (χ1n) is 5.01. The molecule has 0 fully saturated rings. The number of hydrogen-bond acceptors (Lipinski definition) is 4. The van der Waals surface area contributed by atoms with Gasteiger partial charge in [0, 0.05) is 27.2 Å². The quantitative estimate of drug-likeness (QED) is 0.602. The van der Waals surface area contributed by atoms with Gasteiger partial charge in [0.25, 0.3) is 0 Å². The van der Waals surface area contributed by atoms with Crippen molar-refractivity contribution in [1.29, 1.82) is 0 Å². The standard InChI is InChI=1S/C10H18N2O3/c1-12-9-10(8-11-12)15-5-3-4-14-7-6-13-2/h8-9H,3-7H2,1-2H3. The molecule has 5 nitrogen and oxygen atoms in total. The van der Waals surface area contributed by atoms with E-state index in [-0.39, 0.29) is 0 Å². The Morgan fingerprint density at radius 1 is 1.27 bits per heavy atom. The van der Waals surface area contributed by atoms with Crippen molar-refractivity contribution >= 4 is 0 Å². The van der Waals surface area contributed by atoms with E-state index in [9.17, 15) is 0 Å². The van der Waals surface area contributed by atoms with Crippen molar-refractivity contribution < 1.29 is 14.2 Å². The Morgan fingerprint density at radius 3 is 2.80 bits per heavy atom. The van der Waals surface area contributed by atoms with Gasteiger partial charge in [0.05, 0.1) is 32.2 Å². The first-order valence-corrected chi connectivity index (χ1v) is 5.01. The number of ether oxygens (including phenoxy) is 3. The van der Waals surface area contributed by atoms with Crippen LogP contribution in [0.15, 0.2) is 12.4 Å². The van der Waals surface area contributed by atoms with E-state index >= 15 is 0 Å². The predicted molar refractivity (Wildman–Crippen MR) is 56.0 cm³/mol. The topological polar surface area (TPSA) is 45.5 Å². The highest BCUT2D eigenvalue weighted by Gasteiger charge is 1.96. The van der Waals surface area contributed by atoms with Crippen LogP contribution in [0.5, 0.6) is 5.75 Å². The third-order valence-electron chi connectivity index (χ3n) is 1.81. The van der Waals surface area contributed by atoms with Crippen LogP contribution in [-0.4, -0.2) is 43.3 Å². The molecular weight excluding hydrogens is 196 g/mol. The monoisotopic (exact) mass is 214 g/mol. The molecule has 1 aromatic heterocycles. The predicted octanol–water partition coefficient (Wildman–Crippen LogP) is 0.852. The number of aryl methyl sites for hydroxylation is 1. The average Bonchev–Trinajstić information content (AvgIpc) is 2.63. The van der Waals surface area contributed by atoms with Crippen LogP contribution in [0.2, 0.25) is 0 Å². The van der Waals surface area contributed by atoms with Crippen LogP contribution in [0.4, 0.5) is 0 Å². The molecule has 0 radical (unpaired) electrons. The van der Waals surface area contributed by atoms with Crippen LogP contribution >= 0.6 is 0 Å². The minimum atomic E-state index is 0.642. The highest BCUT2D eigenvalue weighted by Crippen LogP contribution is 2.06. The largest absolute Gasteiger partial charge is 0.490 e. The number of hydrogen-bond donors (Lipinski definition) is 0. The van der Waals surface area contributed by atoms with Crippen molar-refractivity contribution in [3.05, 3.63) is 12.4 Å². The van der Waals surface area contributed by atoms with Gasteiger partial charge in [-0.15, -0.1) is 0 Å². The second kappa shape index (κ2) is 7.25. The van der Waals surface area contributed by atoms with Crippen molar-refractivity contribution in [3.8, 4) is 5.75 Å². The van der Waals surface area contributed by atoms with Gasteiger partial charge in [-0.3, -0.25) is 4.68 Å². The van der Waals surface area contributed by atoms with Gasteiger partial charge in [0.1, 0.15) is 0 Å². The summed E-state index contributed by atoms with van der Waals surface area (Å²) < 4.78 is 17.3. The molecular formula is C10H18N2O3. The average molecular weight is 214 g/mol. The Morgan fingerprint density at radius 2 is 2.13 bits per heavy atom. The molecule has 0 saturated carbocycles. The van der Waals surface area contributed by atoms with Gasteiger partial charge in [0.15, 0.2) is 5.75 Å². The van der Waals surface area contributed by atoms with Crippen LogP contribution in [0.3, 0.4) is 0 Å². The number of nitrogens with zero attached hydrogens (tertiary/aromatic N) is 2. The Hall–Kier alpha value is -1.07. The molecule has 0 saturated heterocycles. The summed E-state index contributed by atoms with van der Waals surface area (Å²) in [6.07, 6.45) is 4.41. The normalized spacial score (nSPS) is 10.5. The summed E-state index contributed by atoms with van der Waals surface area (Å²) in [4.78, 5) is 0. The summed E-state index contributed by atoms with van der Waals surface area (Å²) in [6, 6.07) is 0. The summed E-state index contributed by atoms with van der Waals surface area (Å²) >= 11 is 0. The summed E-state index contributed by atoms with van der Waals surface area (Å²) in [7, 11) is 3.52. The maximum atomic E-state index is 5.44. The first-order chi connectivity index (χ1) is 7.33. The van der Waals surface area contributed by atoms with E-state index in [4.69, 9.17) is 14.2 Å². The lowest BCUT2D eigenvalue weighted by atomic mass is 10.5. The maximum Gasteiger partial charge on any atom is 0.157 e. The Kier molecular flexibility index (Phi) is 5.80. The van der Waals surface area contributed by atoms with Gasteiger partial charge >= 0.3 is 0 Å². The molecule has 0 bridgehead atoms. The third-order valence-corrected chi connectivity index (χ3v) is 1.81. The molecule has 0 atom stereocenters. The van der Waals surface area contributed by atoms with E-state index in [1.165, 1.54) is 0 Å². The molecule has 5 heteroatoms. The lowest BCUT2D eigenvalue weighted by molar-refractivity contribution is 0.0644. The second-order valence-electron chi connectivity index (χ2n) is 3.16. The zero-order chi connectivity index (χ0) is 10.9. The van der Waals surface area contributed by atoms with Crippen LogP contribution in [0.25, 0.3) is 0 Å². The molecule has 0 aromatic carbocycles. The Bertz CT molecular complexity index is 263. The summed E-state index contributed by atoms with van der Waals surface area (Å²) in [5.74, 6) is 0.800. The minimum absolute atomic E-state index is 0.642.